The maximum Gasteiger partial charge on any atom is 0.0719 e. The molecule has 0 aromatic carbocycles. The highest BCUT2D eigenvalue weighted by molar-refractivity contribution is 5.30. The fraction of sp³-hybridized carbons (Fsp3) is 0.750. The van der Waals surface area contributed by atoms with E-state index in [0.717, 1.165) is 31.7 Å². The van der Waals surface area contributed by atoms with E-state index in [0.29, 0.717) is 12.5 Å². The zero-order chi connectivity index (χ0) is 12.1. The van der Waals surface area contributed by atoms with Crippen LogP contribution in [0.3, 0.4) is 0 Å². The third kappa shape index (κ3) is 3.71. The third-order valence-electron chi connectivity index (χ3n) is 3.44. The smallest absolute Gasteiger partial charge is 0.0719 e. The van der Waals surface area contributed by atoms with Crippen LogP contribution in [0.2, 0.25) is 0 Å². The second-order valence-electron chi connectivity index (χ2n) is 4.86. The first-order valence-corrected chi connectivity index (χ1v) is 6.39. The van der Waals surface area contributed by atoms with Crippen LogP contribution in [0, 0.1) is 5.92 Å². The van der Waals surface area contributed by atoms with Crippen molar-refractivity contribution in [1.29, 1.82) is 0 Å². The molecule has 1 aromatic rings. The molecule has 0 amide bonds. The molecular weight excluding hydrogens is 216 g/mol. The summed E-state index contributed by atoms with van der Waals surface area (Å²) in [7, 11) is 0. The fourth-order valence-electron chi connectivity index (χ4n) is 2.52. The quantitative estimate of drug-likeness (QED) is 0.786. The minimum absolute atomic E-state index is 0.314. The zero-order valence-electron chi connectivity index (χ0n) is 10.3. The number of nitrogens with two attached hydrogens (primary N) is 1. The molecule has 2 rings (SSSR count). The maximum atomic E-state index is 8.97. The van der Waals surface area contributed by atoms with Gasteiger partial charge in [0, 0.05) is 25.9 Å². The third-order valence-corrected chi connectivity index (χ3v) is 3.44. The van der Waals surface area contributed by atoms with Gasteiger partial charge in [0.15, 0.2) is 0 Å². The minimum Gasteiger partial charge on any atom is -0.396 e. The van der Waals surface area contributed by atoms with Crippen molar-refractivity contribution in [1.82, 2.24) is 14.7 Å². The molecule has 1 aromatic heterocycles. The van der Waals surface area contributed by atoms with Crippen molar-refractivity contribution < 1.29 is 5.11 Å². The number of anilines is 1. The van der Waals surface area contributed by atoms with Gasteiger partial charge in [0.1, 0.15) is 0 Å². The molecular formula is C12H22N4O. The van der Waals surface area contributed by atoms with Crippen molar-refractivity contribution in [3.8, 4) is 0 Å². The summed E-state index contributed by atoms with van der Waals surface area (Å²) >= 11 is 0. The van der Waals surface area contributed by atoms with Crippen molar-refractivity contribution >= 4 is 5.69 Å². The van der Waals surface area contributed by atoms with Gasteiger partial charge >= 0.3 is 0 Å². The lowest BCUT2D eigenvalue weighted by Crippen LogP contribution is -2.37. The molecule has 0 aliphatic carbocycles. The molecule has 5 heteroatoms. The van der Waals surface area contributed by atoms with Gasteiger partial charge in [-0.05, 0) is 31.7 Å². The molecule has 0 spiro atoms. The van der Waals surface area contributed by atoms with E-state index in [4.69, 9.17) is 10.8 Å². The van der Waals surface area contributed by atoms with Crippen LogP contribution in [0.15, 0.2) is 12.4 Å². The minimum atomic E-state index is 0.314. The Balaban J connectivity index is 1.75. The monoisotopic (exact) mass is 238 g/mol. The lowest BCUT2D eigenvalue weighted by molar-refractivity contribution is 0.143. The molecule has 0 radical (unpaired) electrons. The molecule has 1 unspecified atom stereocenters. The van der Waals surface area contributed by atoms with Gasteiger partial charge in [-0.1, -0.05) is 0 Å². The van der Waals surface area contributed by atoms with Crippen LogP contribution in [0.25, 0.3) is 0 Å². The summed E-state index contributed by atoms with van der Waals surface area (Å²) in [5.41, 5.74) is 6.35. The van der Waals surface area contributed by atoms with Crippen LogP contribution in [0.4, 0.5) is 5.69 Å². The van der Waals surface area contributed by atoms with Crippen molar-refractivity contribution in [3.63, 3.8) is 0 Å². The average molecular weight is 238 g/mol. The summed E-state index contributed by atoms with van der Waals surface area (Å²) in [4.78, 5) is 2.46. The number of likely N-dealkylation sites (tertiary alicyclic amines) is 1. The number of nitrogens with zero attached hydrogens (tertiary/aromatic N) is 3. The van der Waals surface area contributed by atoms with E-state index in [-0.39, 0.29) is 0 Å². The molecule has 1 atom stereocenters. The molecule has 17 heavy (non-hydrogen) atoms. The van der Waals surface area contributed by atoms with Gasteiger partial charge in [0.05, 0.1) is 18.4 Å². The van der Waals surface area contributed by atoms with E-state index in [2.05, 4.69) is 10.00 Å². The van der Waals surface area contributed by atoms with E-state index >= 15 is 0 Å². The van der Waals surface area contributed by atoms with E-state index in [1.807, 2.05) is 10.9 Å². The highest BCUT2D eigenvalue weighted by atomic mass is 16.3. The molecule has 0 saturated carbocycles. The number of aliphatic hydroxyl groups excluding tert-OH is 1. The lowest BCUT2D eigenvalue weighted by Gasteiger charge is -2.32. The van der Waals surface area contributed by atoms with Crippen LogP contribution in [0.5, 0.6) is 0 Å². The molecule has 1 aliphatic heterocycles. The number of rotatable bonds is 5. The Morgan fingerprint density at radius 2 is 2.35 bits per heavy atom. The van der Waals surface area contributed by atoms with Gasteiger partial charge in [-0.2, -0.15) is 5.10 Å². The van der Waals surface area contributed by atoms with Crippen molar-refractivity contribution in [2.24, 2.45) is 5.92 Å². The number of piperidine rings is 1. The van der Waals surface area contributed by atoms with E-state index in [9.17, 15) is 0 Å². The van der Waals surface area contributed by atoms with Crippen LogP contribution < -0.4 is 5.73 Å². The summed E-state index contributed by atoms with van der Waals surface area (Å²) in [6.07, 6.45) is 6.99. The SMILES string of the molecule is Nc1cnn(CCN2CCCC(CCO)C2)c1. The molecule has 96 valence electrons. The summed E-state index contributed by atoms with van der Waals surface area (Å²) in [6, 6.07) is 0. The van der Waals surface area contributed by atoms with Gasteiger partial charge in [-0.15, -0.1) is 0 Å². The lowest BCUT2D eigenvalue weighted by atomic mass is 9.95. The Morgan fingerprint density at radius 3 is 3.06 bits per heavy atom. The van der Waals surface area contributed by atoms with Crippen LogP contribution in [-0.2, 0) is 6.54 Å². The number of aliphatic hydroxyl groups is 1. The van der Waals surface area contributed by atoms with Crippen molar-refractivity contribution in [3.05, 3.63) is 12.4 Å². The first-order chi connectivity index (χ1) is 8.28. The van der Waals surface area contributed by atoms with E-state index in [1.165, 1.54) is 19.4 Å². The highest BCUT2D eigenvalue weighted by Gasteiger charge is 2.18. The predicted octanol–water partition coefficient (Wildman–Crippen LogP) is 0.560. The second kappa shape index (κ2) is 6.02. The summed E-state index contributed by atoms with van der Waals surface area (Å²) in [5.74, 6) is 0.663. The van der Waals surface area contributed by atoms with Gasteiger partial charge < -0.3 is 15.7 Å². The van der Waals surface area contributed by atoms with Crippen LogP contribution in [0.1, 0.15) is 19.3 Å². The standard InChI is InChI=1S/C12H22N4O/c13-12-8-14-16(10-12)6-5-15-4-1-2-11(9-15)3-7-17/h8,10-11,17H,1-7,9,13H2. The Bertz CT molecular complexity index is 337. The topological polar surface area (TPSA) is 67.3 Å². The van der Waals surface area contributed by atoms with Crippen LogP contribution >= 0.6 is 0 Å². The zero-order valence-corrected chi connectivity index (χ0v) is 10.3. The summed E-state index contributed by atoms with van der Waals surface area (Å²) < 4.78 is 1.89. The second-order valence-corrected chi connectivity index (χ2v) is 4.86. The van der Waals surface area contributed by atoms with Gasteiger partial charge in [-0.25, -0.2) is 0 Å². The summed E-state index contributed by atoms with van der Waals surface area (Å²) in [5, 5.41) is 13.1. The average Bonchev–Trinajstić information content (AvgIpc) is 2.74. The molecule has 1 aliphatic rings. The molecule has 1 fully saturated rings. The van der Waals surface area contributed by atoms with Gasteiger partial charge in [0.2, 0.25) is 0 Å². The number of hydrogen-bond acceptors (Lipinski definition) is 4. The largest absolute Gasteiger partial charge is 0.396 e. The molecule has 2 heterocycles. The Labute approximate surface area is 102 Å². The molecule has 1 saturated heterocycles. The number of aromatic nitrogens is 2. The Hall–Kier alpha value is -1.07. The molecule has 0 bridgehead atoms. The fourth-order valence-corrected chi connectivity index (χ4v) is 2.52. The van der Waals surface area contributed by atoms with E-state index in [1.54, 1.807) is 6.20 Å². The van der Waals surface area contributed by atoms with Gasteiger partial charge in [-0.3, -0.25) is 4.68 Å². The normalized spacial score (nSPS) is 21.8. The van der Waals surface area contributed by atoms with Crippen molar-refractivity contribution in [2.45, 2.75) is 25.8 Å². The van der Waals surface area contributed by atoms with Crippen molar-refractivity contribution in [2.75, 3.05) is 32.0 Å². The first kappa shape index (κ1) is 12.4. The Morgan fingerprint density at radius 1 is 1.47 bits per heavy atom. The maximum absolute atomic E-state index is 8.97. The number of hydrogen-bond donors (Lipinski definition) is 2. The first-order valence-electron chi connectivity index (χ1n) is 6.39. The van der Waals surface area contributed by atoms with E-state index < -0.39 is 0 Å². The predicted molar refractivity (Wildman–Crippen MR) is 67.5 cm³/mol. The summed E-state index contributed by atoms with van der Waals surface area (Å²) in [6.45, 7) is 4.50. The molecule has 3 N–H and O–H groups in total. The number of nitrogen functional groups attached to an aromatic ring is 1. The van der Waals surface area contributed by atoms with Gasteiger partial charge in [0.25, 0.3) is 0 Å². The van der Waals surface area contributed by atoms with Crippen LogP contribution in [-0.4, -0.2) is 46.0 Å². The molecule has 5 nitrogen and oxygen atoms in total. The highest BCUT2D eigenvalue weighted by Crippen LogP contribution is 2.18. The Kier molecular flexibility index (Phi) is 4.39.